The van der Waals surface area contributed by atoms with Crippen LogP contribution in [0.15, 0.2) is 30.3 Å². The third-order valence-electron chi connectivity index (χ3n) is 4.59. The molecule has 2 rings (SSSR count). The van der Waals surface area contributed by atoms with Crippen LogP contribution in [0.3, 0.4) is 0 Å². The molecule has 5 nitrogen and oxygen atoms in total. The van der Waals surface area contributed by atoms with E-state index in [1.807, 2.05) is 30.3 Å². The first kappa shape index (κ1) is 20.7. The molecule has 1 saturated carbocycles. The highest BCUT2D eigenvalue weighted by molar-refractivity contribution is 9.10. The van der Waals surface area contributed by atoms with Crippen LogP contribution < -0.4 is 5.43 Å². The lowest BCUT2D eigenvalue weighted by atomic mass is 9.96. The van der Waals surface area contributed by atoms with Crippen LogP contribution in [0.1, 0.15) is 64.4 Å². The highest BCUT2D eigenvalue weighted by atomic mass is 79.9. The molecule has 1 aliphatic rings. The summed E-state index contributed by atoms with van der Waals surface area (Å²) in [5, 5.41) is 1.49. The highest BCUT2D eigenvalue weighted by Gasteiger charge is 2.35. The molecule has 1 aliphatic carbocycles. The van der Waals surface area contributed by atoms with Gasteiger partial charge in [-0.05, 0) is 32.3 Å². The van der Waals surface area contributed by atoms with Crippen LogP contribution in [0.25, 0.3) is 0 Å². The van der Waals surface area contributed by atoms with Crippen LogP contribution in [0.5, 0.6) is 0 Å². The van der Waals surface area contributed by atoms with E-state index in [4.69, 9.17) is 4.74 Å². The van der Waals surface area contributed by atoms with Gasteiger partial charge in [0.25, 0.3) is 5.91 Å². The first-order valence-electron chi connectivity index (χ1n) is 9.38. The van der Waals surface area contributed by atoms with Crippen LogP contribution in [-0.2, 0) is 16.1 Å². The van der Waals surface area contributed by atoms with Gasteiger partial charge >= 0.3 is 6.09 Å². The van der Waals surface area contributed by atoms with Gasteiger partial charge in [-0.25, -0.2) is 15.2 Å². The molecule has 0 spiro atoms. The van der Waals surface area contributed by atoms with Crippen LogP contribution >= 0.6 is 15.9 Å². The van der Waals surface area contributed by atoms with Crippen LogP contribution in [0.2, 0.25) is 0 Å². The van der Waals surface area contributed by atoms with Crippen LogP contribution in [-0.4, -0.2) is 27.4 Å². The summed E-state index contributed by atoms with van der Waals surface area (Å²) in [6, 6.07) is 9.50. The van der Waals surface area contributed by atoms with Crippen molar-refractivity contribution in [1.82, 2.24) is 10.4 Å². The zero-order valence-corrected chi connectivity index (χ0v) is 17.3. The molecule has 2 amide bonds. The number of carbonyl (C=O) groups excluding carboxylic acids is 2. The van der Waals surface area contributed by atoms with E-state index in [9.17, 15) is 9.59 Å². The molecule has 0 aromatic heterocycles. The Bertz CT molecular complexity index is 578. The number of nitrogens with one attached hydrogen (secondary N) is 1. The van der Waals surface area contributed by atoms with E-state index in [1.54, 1.807) is 13.8 Å². The number of hydrogen-bond donors (Lipinski definition) is 1. The van der Waals surface area contributed by atoms with Crippen molar-refractivity contribution in [3.63, 3.8) is 0 Å². The summed E-state index contributed by atoms with van der Waals surface area (Å²) in [6.07, 6.45) is 6.93. The summed E-state index contributed by atoms with van der Waals surface area (Å²) in [7, 11) is 0. The molecule has 0 radical (unpaired) electrons. The molecular formula is C20H29BrN2O3. The Balaban J connectivity index is 2.02. The van der Waals surface area contributed by atoms with Gasteiger partial charge in [0.05, 0.1) is 6.04 Å². The van der Waals surface area contributed by atoms with Crippen molar-refractivity contribution < 1.29 is 14.3 Å². The first-order valence-corrected chi connectivity index (χ1v) is 10.2. The topological polar surface area (TPSA) is 58.6 Å². The fourth-order valence-corrected chi connectivity index (χ4v) is 3.33. The minimum absolute atomic E-state index is 0.00361. The molecule has 1 aromatic carbocycles. The standard InChI is InChI=1S/C20H29BrN2O3/c1-20(2,21)18(24)23(17-13-9-4-3-5-10-14-17)22-19(25)26-15-16-11-7-6-8-12-16/h6-8,11-12,17H,3-5,9-10,13-15H2,1-2H3,(H,22,25). The minimum atomic E-state index is -0.748. The van der Waals surface area contributed by atoms with Crippen molar-refractivity contribution in [3.05, 3.63) is 35.9 Å². The van der Waals surface area contributed by atoms with E-state index in [2.05, 4.69) is 21.4 Å². The number of alkyl halides is 1. The fraction of sp³-hybridized carbons (Fsp3) is 0.600. The molecule has 0 atom stereocenters. The van der Waals surface area contributed by atoms with Crippen molar-refractivity contribution >= 4 is 27.9 Å². The number of hydrogen-bond acceptors (Lipinski definition) is 3. The quantitative estimate of drug-likeness (QED) is 0.549. The Hall–Kier alpha value is -1.56. The van der Waals surface area contributed by atoms with Gasteiger partial charge < -0.3 is 4.74 Å². The molecule has 0 unspecified atom stereocenters. The summed E-state index contributed by atoms with van der Waals surface area (Å²) in [5.41, 5.74) is 3.61. The molecule has 1 aromatic rings. The second-order valence-corrected chi connectivity index (χ2v) is 9.30. The van der Waals surface area contributed by atoms with Gasteiger partial charge in [0.2, 0.25) is 0 Å². The van der Waals surface area contributed by atoms with E-state index >= 15 is 0 Å². The summed E-state index contributed by atoms with van der Waals surface area (Å²) < 4.78 is 4.56. The summed E-state index contributed by atoms with van der Waals surface area (Å²) >= 11 is 3.43. The van der Waals surface area contributed by atoms with Crippen molar-refractivity contribution in [2.75, 3.05) is 0 Å². The van der Waals surface area contributed by atoms with Gasteiger partial charge in [0.1, 0.15) is 10.9 Å². The van der Waals surface area contributed by atoms with E-state index in [0.29, 0.717) is 0 Å². The molecule has 26 heavy (non-hydrogen) atoms. The molecular weight excluding hydrogens is 396 g/mol. The van der Waals surface area contributed by atoms with Gasteiger partial charge in [0, 0.05) is 0 Å². The predicted molar refractivity (Wildman–Crippen MR) is 106 cm³/mol. The molecule has 1 fully saturated rings. The molecule has 1 N–H and O–H groups in total. The second kappa shape index (κ2) is 9.95. The van der Waals surface area contributed by atoms with Crippen LogP contribution in [0, 0.1) is 0 Å². The highest BCUT2D eigenvalue weighted by Crippen LogP contribution is 2.25. The fourth-order valence-electron chi connectivity index (χ4n) is 3.14. The van der Waals surface area contributed by atoms with Crippen molar-refractivity contribution in [3.8, 4) is 0 Å². The van der Waals surface area contributed by atoms with Gasteiger partial charge in [-0.3, -0.25) is 4.79 Å². The molecule has 0 aliphatic heterocycles. The normalized spacial score (nSPS) is 16.3. The number of amides is 2. The third-order valence-corrected chi connectivity index (χ3v) is 4.93. The van der Waals surface area contributed by atoms with E-state index in [0.717, 1.165) is 31.2 Å². The van der Waals surface area contributed by atoms with Crippen molar-refractivity contribution in [2.24, 2.45) is 0 Å². The Morgan fingerprint density at radius 2 is 1.69 bits per heavy atom. The maximum Gasteiger partial charge on any atom is 0.426 e. The lowest BCUT2D eigenvalue weighted by Crippen LogP contribution is -2.56. The number of carbonyl (C=O) groups is 2. The summed E-state index contributed by atoms with van der Waals surface area (Å²) in [6.45, 7) is 3.77. The zero-order valence-electron chi connectivity index (χ0n) is 15.7. The van der Waals surface area contributed by atoms with Gasteiger partial charge in [0.15, 0.2) is 0 Å². The van der Waals surface area contributed by atoms with E-state index in [-0.39, 0.29) is 18.6 Å². The monoisotopic (exact) mass is 424 g/mol. The Kier molecular flexibility index (Phi) is 7.94. The van der Waals surface area contributed by atoms with Crippen molar-refractivity contribution in [1.29, 1.82) is 0 Å². The number of halogens is 1. The smallest absolute Gasteiger partial charge is 0.426 e. The van der Waals surface area contributed by atoms with Gasteiger partial charge in [-0.2, -0.15) is 0 Å². The summed E-state index contributed by atoms with van der Waals surface area (Å²) in [4.78, 5) is 25.2. The Morgan fingerprint density at radius 3 is 2.27 bits per heavy atom. The molecule has 0 saturated heterocycles. The zero-order chi connectivity index (χ0) is 19.0. The minimum Gasteiger partial charge on any atom is -0.443 e. The van der Waals surface area contributed by atoms with E-state index in [1.165, 1.54) is 24.3 Å². The average Bonchev–Trinajstić information content (AvgIpc) is 2.58. The van der Waals surface area contributed by atoms with Gasteiger partial charge in [-0.15, -0.1) is 0 Å². The number of rotatable bonds is 4. The number of benzene rings is 1. The Labute approximate surface area is 164 Å². The van der Waals surface area contributed by atoms with Gasteiger partial charge in [-0.1, -0.05) is 78.4 Å². The Morgan fingerprint density at radius 1 is 1.12 bits per heavy atom. The molecule has 6 heteroatoms. The lowest BCUT2D eigenvalue weighted by Gasteiger charge is -2.35. The number of ether oxygens (including phenoxy) is 1. The predicted octanol–water partition coefficient (Wildman–Crippen LogP) is 4.94. The maximum atomic E-state index is 12.9. The van der Waals surface area contributed by atoms with Crippen molar-refractivity contribution in [2.45, 2.75) is 75.8 Å². The van der Waals surface area contributed by atoms with Crippen LogP contribution in [0.4, 0.5) is 4.79 Å². The molecule has 0 heterocycles. The number of hydrazine groups is 1. The average molecular weight is 425 g/mol. The SMILES string of the molecule is CC(C)(Br)C(=O)N(NC(=O)OCc1ccccc1)C1CCCCCCC1. The third kappa shape index (κ3) is 6.63. The molecule has 144 valence electrons. The number of nitrogens with zero attached hydrogens (tertiary/aromatic N) is 1. The maximum absolute atomic E-state index is 12.9. The largest absolute Gasteiger partial charge is 0.443 e. The molecule has 0 bridgehead atoms. The second-order valence-electron chi connectivity index (χ2n) is 7.32. The summed E-state index contributed by atoms with van der Waals surface area (Å²) in [5.74, 6) is -0.153. The van der Waals surface area contributed by atoms with E-state index < -0.39 is 10.4 Å². The first-order chi connectivity index (χ1) is 12.4. The lowest BCUT2D eigenvalue weighted by molar-refractivity contribution is -0.139.